The van der Waals surface area contributed by atoms with Crippen molar-refractivity contribution in [1.82, 2.24) is 30.0 Å². The summed E-state index contributed by atoms with van der Waals surface area (Å²) >= 11 is 0. The maximum atomic E-state index is 4.17. The molecule has 0 aromatic carbocycles. The van der Waals surface area contributed by atoms with E-state index in [-0.39, 0.29) is 36.8 Å². The summed E-state index contributed by atoms with van der Waals surface area (Å²) in [6.45, 7) is 25.7. The quantitative estimate of drug-likeness (QED) is 0.555. The molecular formula is C22H46N6. The van der Waals surface area contributed by atoms with Crippen molar-refractivity contribution in [3.05, 3.63) is 23.8 Å². The Balaban J connectivity index is 0. The van der Waals surface area contributed by atoms with Crippen molar-refractivity contribution in [1.29, 1.82) is 0 Å². The predicted octanol–water partition coefficient (Wildman–Crippen LogP) is 5.93. The molecular weight excluding hydrogens is 348 g/mol. The van der Waals surface area contributed by atoms with E-state index in [2.05, 4.69) is 104 Å². The van der Waals surface area contributed by atoms with Crippen LogP contribution in [0.3, 0.4) is 0 Å². The first-order valence-corrected chi connectivity index (χ1v) is 9.29. The predicted molar refractivity (Wildman–Crippen MR) is 121 cm³/mol. The highest BCUT2D eigenvalue weighted by atomic mass is 15.5. The molecule has 0 amide bonds. The van der Waals surface area contributed by atoms with Gasteiger partial charge in [0.2, 0.25) is 0 Å². The van der Waals surface area contributed by atoms with Crippen LogP contribution in [0.15, 0.2) is 12.4 Å². The molecule has 164 valence electrons. The molecule has 6 heteroatoms. The van der Waals surface area contributed by atoms with Gasteiger partial charge in [0.05, 0.1) is 28.7 Å². The Kier molecular flexibility index (Phi) is 9.35. The monoisotopic (exact) mass is 394 g/mol. The zero-order valence-corrected chi connectivity index (χ0v) is 18.8. The molecule has 0 radical (unpaired) electrons. The second-order valence-electron chi connectivity index (χ2n) is 10.9. The molecule has 2 rings (SSSR count). The van der Waals surface area contributed by atoms with Crippen LogP contribution in [0.5, 0.6) is 0 Å². The smallest absolute Gasteiger partial charge is 0.0880 e. The van der Waals surface area contributed by atoms with Crippen LogP contribution in [0.2, 0.25) is 0 Å². The van der Waals surface area contributed by atoms with Crippen molar-refractivity contribution in [2.45, 2.75) is 120 Å². The molecule has 2 heterocycles. The van der Waals surface area contributed by atoms with Crippen molar-refractivity contribution in [3.63, 3.8) is 0 Å². The Hall–Kier alpha value is -1.72. The summed E-state index contributed by atoms with van der Waals surface area (Å²) in [5.74, 6) is 0. The van der Waals surface area contributed by atoms with E-state index >= 15 is 0 Å². The molecule has 0 N–H and O–H groups in total. The van der Waals surface area contributed by atoms with Gasteiger partial charge in [-0.15, -0.1) is 10.2 Å². The van der Waals surface area contributed by atoms with E-state index in [0.29, 0.717) is 0 Å². The van der Waals surface area contributed by atoms with Gasteiger partial charge in [-0.25, -0.2) is 9.36 Å². The highest BCUT2D eigenvalue weighted by Gasteiger charge is 2.25. The van der Waals surface area contributed by atoms with Crippen LogP contribution in [0.4, 0.5) is 0 Å². The second-order valence-corrected chi connectivity index (χ2v) is 10.9. The number of rotatable bonds is 0. The fourth-order valence-corrected chi connectivity index (χ4v) is 2.18. The highest BCUT2D eigenvalue weighted by molar-refractivity contribution is 5.09. The fourth-order valence-electron chi connectivity index (χ4n) is 2.18. The first-order chi connectivity index (χ1) is 11.4. The van der Waals surface area contributed by atoms with E-state index in [9.17, 15) is 0 Å². The van der Waals surface area contributed by atoms with Crippen molar-refractivity contribution in [2.24, 2.45) is 0 Å². The minimum Gasteiger partial charge on any atom is -0.247 e. The lowest BCUT2D eigenvalue weighted by Crippen LogP contribution is -2.30. The van der Waals surface area contributed by atoms with Crippen LogP contribution in [0.25, 0.3) is 0 Å². The fraction of sp³-hybridized carbons (Fsp3) is 0.818. The average molecular weight is 395 g/mol. The lowest BCUT2D eigenvalue weighted by atomic mass is 9.91. The zero-order chi connectivity index (χ0) is 20.6. The van der Waals surface area contributed by atoms with Crippen LogP contribution in [-0.4, -0.2) is 30.0 Å². The van der Waals surface area contributed by atoms with E-state index in [1.165, 1.54) is 5.69 Å². The van der Waals surface area contributed by atoms with Gasteiger partial charge in [-0.1, -0.05) is 66.8 Å². The molecule has 0 bridgehead atoms. The zero-order valence-electron chi connectivity index (χ0n) is 18.8. The normalized spacial score (nSPS) is 12.4. The van der Waals surface area contributed by atoms with Crippen LogP contribution >= 0.6 is 0 Å². The van der Waals surface area contributed by atoms with E-state index in [0.717, 1.165) is 5.69 Å². The van der Waals surface area contributed by atoms with Crippen LogP contribution in [0.1, 0.15) is 109 Å². The molecule has 0 aliphatic heterocycles. The molecule has 0 atom stereocenters. The maximum Gasteiger partial charge on any atom is 0.0880 e. The minimum absolute atomic E-state index is 0. The van der Waals surface area contributed by atoms with E-state index in [1.807, 2.05) is 21.8 Å². The first kappa shape index (κ1) is 28.5. The lowest BCUT2D eigenvalue weighted by Gasteiger charge is -2.27. The molecule has 28 heavy (non-hydrogen) atoms. The number of hydrogen-bond donors (Lipinski definition) is 0. The van der Waals surface area contributed by atoms with Gasteiger partial charge in [0, 0.05) is 17.0 Å². The van der Waals surface area contributed by atoms with Gasteiger partial charge in [0.15, 0.2) is 0 Å². The van der Waals surface area contributed by atoms with Crippen LogP contribution < -0.4 is 0 Å². The van der Waals surface area contributed by atoms with Gasteiger partial charge in [-0.05, 0) is 41.5 Å². The summed E-state index contributed by atoms with van der Waals surface area (Å²) in [7, 11) is 0. The second kappa shape index (κ2) is 9.19. The maximum absolute atomic E-state index is 4.17. The summed E-state index contributed by atoms with van der Waals surface area (Å²) in [6.07, 6.45) is 3.88. The molecule has 0 saturated carbocycles. The van der Waals surface area contributed by atoms with Crippen LogP contribution in [0, 0.1) is 0 Å². The lowest BCUT2D eigenvalue weighted by molar-refractivity contribution is 0.316. The van der Waals surface area contributed by atoms with Crippen molar-refractivity contribution < 1.29 is 0 Å². The van der Waals surface area contributed by atoms with Crippen molar-refractivity contribution in [2.75, 3.05) is 0 Å². The Morgan fingerprint density at radius 3 is 1.43 bits per heavy atom. The SMILES string of the molecule is C.C.CC(C)(C)c1cn(C(C)(C)C)nn1.CC(C)(C)c1cnnn1C(C)(C)C. The van der Waals surface area contributed by atoms with E-state index in [1.54, 1.807) is 0 Å². The third kappa shape index (κ3) is 7.72. The average Bonchev–Trinajstić information content (AvgIpc) is 3.06. The molecule has 0 fully saturated rings. The van der Waals surface area contributed by atoms with Crippen LogP contribution in [-0.2, 0) is 21.9 Å². The highest BCUT2D eigenvalue weighted by Crippen LogP contribution is 2.25. The third-order valence-corrected chi connectivity index (χ3v) is 3.90. The van der Waals surface area contributed by atoms with E-state index in [4.69, 9.17) is 0 Å². The van der Waals surface area contributed by atoms with Crippen molar-refractivity contribution >= 4 is 0 Å². The minimum atomic E-state index is 0. The Morgan fingerprint density at radius 1 is 0.679 bits per heavy atom. The largest absolute Gasteiger partial charge is 0.247 e. The van der Waals surface area contributed by atoms with E-state index < -0.39 is 0 Å². The molecule has 6 nitrogen and oxygen atoms in total. The molecule has 2 aromatic rings. The van der Waals surface area contributed by atoms with Gasteiger partial charge in [-0.2, -0.15) is 0 Å². The summed E-state index contributed by atoms with van der Waals surface area (Å²) in [4.78, 5) is 0. The number of hydrogen-bond acceptors (Lipinski definition) is 4. The summed E-state index contributed by atoms with van der Waals surface area (Å²) in [5, 5.41) is 16.4. The summed E-state index contributed by atoms with van der Waals surface area (Å²) < 4.78 is 3.90. The van der Waals surface area contributed by atoms with Gasteiger partial charge < -0.3 is 0 Å². The Bertz CT molecular complexity index is 640. The van der Waals surface area contributed by atoms with Gasteiger partial charge in [0.25, 0.3) is 0 Å². The molecule has 2 aromatic heterocycles. The molecule has 0 aliphatic rings. The molecule has 0 spiro atoms. The van der Waals surface area contributed by atoms with Gasteiger partial charge in [-0.3, -0.25) is 0 Å². The van der Waals surface area contributed by atoms with Crippen molar-refractivity contribution in [3.8, 4) is 0 Å². The molecule has 0 aliphatic carbocycles. The van der Waals surface area contributed by atoms with Gasteiger partial charge in [0.1, 0.15) is 0 Å². The number of aromatic nitrogens is 6. The first-order valence-electron chi connectivity index (χ1n) is 9.29. The molecule has 0 unspecified atom stereocenters. The third-order valence-electron chi connectivity index (χ3n) is 3.90. The molecule has 0 saturated heterocycles. The standard InChI is InChI=1S/2C10H19N3.2CH4/c1-9(2,3)8-7-13(12-11-8)10(4,5)6;1-9(2,3)8-7-11-12-13(8)10(4,5)6;;/h2*7H,1-6H3;2*1H4. The number of nitrogens with zero attached hydrogens (tertiary/aromatic N) is 6. The summed E-state index contributed by atoms with van der Waals surface area (Å²) in [6, 6.07) is 0. The summed E-state index contributed by atoms with van der Waals surface area (Å²) in [5.41, 5.74) is 2.46. The Morgan fingerprint density at radius 2 is 1.18 bits per heavy atom. The van der Waals surface area contributed by atoms with Gasteiger partial charge >= 0.3 is 0 Å². The Labute approximate surface area is 174 Å². The topological polar surface area (TPSA) is 61.4 Å².